The molecular weight excluding hydrogens is 367 g/mol. The van der Waals surface area contributed by atoms with Crippen molar-refractivity contribution in [3.05, 3.63) is 34.9 Å². The van der Waals surface area contributed by atoms with E-state index in [1.807, 2.05) is 13.8 Å². The summed E-state index contributed by atoms with van der Waals surface area (Å²) >= 11 is 0. The molecule has 0 saturated carbocycles. The second kappa shape index (κ2) is 8.12. The van der Waals surface area contributed by atoms with Gasteiger partial charge < -0.3 is 10.6 Å². The topological polar surface area (TPSA) is 41.1 Å². The Bertz CT molecular complexity index is 631. The van der Waals surface area contributed by atoms with E-state index in [0.717, 1.165) is 12.1 Å². The average molecular weight is 394 g/mol. The normalized spacial score (nSPS) is 14.4. The van der Waals surface area contributed by atoms with Gasteiger partial charge in [-0.05, 0) is 57.0 Å². The summed E-state index contributed by atoms with van der Waals surface area (Å²) in [5.74, 6) is -3.63. The Labute approximate surface area is 156 Å². The van der Waals surface area contributed by atoms with E-state index < -0.39 is 40.7 Å². The number of alkyl halides is 5. The Hall–Kier alpha value is -1.70. The van der Waals surface area contributed by atoms with Gasteiger partial charge in [-0.1, -0.05) is 13.8 Å². The Morgan fingerprint density at radius 2 is 1.44 bits per heavy atom. The SMILES string of the molecule is CN[C@H](CC(C)C)C(=O)NC(C)(C)c1cc(C(C)(F)F)cc(C(F)(F)F)c1. The molecule has 0 unspecified atom stereocenters. The van der Waals surface area contributed by atoms with E-state index in [1.54, 1.807) is 7.05 Å². The first kappa shape index (κ1) is 23.3. The molecule has 1 atom stereocenters. The minimum Gasteiger partial charge on any atom is -0.346 e. The monoisotopic (exact) mass is 394 g/mol. The fourth-order valence-electron chi connectivity index (χ4n) is 2.70. The Morgan fingerprint density at radius 1 is 0.963 bits per heavy atom. The van der Waals surface area contributed by atoms with Crippen LogP contribution < -0.4 is 10.6 Å². The molecule has 8 heteroatoms. The van der Waals surface area contributed by atoms with Crippen LogP contribution in [-0.4, -0.2) is 19.0 Å². The van der Waals surface area contributed by atoms with E-state index >= 15 is 0 Å². The fraction of sp³-hybridized carbons (Fsp3) is 0.632. The van der Waals surface area contributed by atoms with Crippen molar-refractivity contribution in [3.8, 4) is 0 Å². The molecule has 1 aromatic rings. The first-order valence-electron chi connectivity index (χ1n) is 8.68. The highest BCUT2D eigenvalue weighted by molar-refractivity contribution is 5.82. The van der Waals surface area contributed by atoms with Crippen LogP contribution in [0.4, 0.5) is 22.0 Å². The van der Waals surface area contributed by atoms with Crippen LogP contribution in [0.15, 0.2) is 18.2 Å². The van der Waals surface area contributed by atoms with Crippen molar-refractivity contribution < 1.29 is 26.7 Å². The van der Waals surface area contributed by atoms with Gasteiger partial charge in [0, 0.05) is 12.5 Å². The second-order valence-electron chi connectivity index (χ2n) is 7.77. The van der Waals surface area contributed by atoms with Gasteiger partial charge in [0.15, 0.2) is 0 Å². The van der Waals surface area contributed by atoms with Crippen molar-refractivity contribution in [1.82, 2.24) is 10.6 Å². The third-order valence-corrected chi connectivity index (χ3v) is 4.30. The molecular formula is C19H27F5N2O. The number of likely N-dealkylation sites (N-methyl/N-ethyl adjacent to an activating group) is 1. The molecule has 0 aromatic heterocycles. The molecule has 2 N–H and O–H groups in total. The van der Waals surface area contributed by atoms with Gasteiger partial charge in [0.05, 0.1) is 17.1 Å². The lowest BCUT2D eigenvalue weighted by Crippen LogP contribution is -2.50. The molecule has 0 aliphatic heterocycles. The first-order chi connectivity index (χ1) is 12.1. The highest BCUT2D eigenvalue weighted by atomic mass is 19.4. The van der Waals surface area contributed by atoms with Crippen LogP contribution in [-0.2, 0) is 22.4 Å². The zero-order chi connectivity index (χ0) is 21.2. The van der Waals surface area contributed by atoms with Gasteiger partial charge in [-0.3, -0.25) is 4.79 Å². The lowest BCUT2D eigenvalue weighted by Gasteiger charge is -2.31. The van der Waals surface area contributed by atoms with Crippen molar-refractivity contribution in [2.24, 2.45) is 5.92 Å². The number of halogens is 5. The number of benzene rings is 1. The average Bonchev–Trinajstić information content (AvgIpc) is 2.49. The molecule has 1 rings (SSSR count). The Balaban J connectivity index is 3.30. The second-order valence-corrected chi connectivity index (χ2v) is 7.77. The summed E-state index contributed by atoms with van der Waals surface area (Å²) in [7, 11) is 1.61. The number of nitrogens with one attached hydrogen (secondary N) is 2. The molecule has 1 aromatic carbocycles. The molecule has 1 amide bonds. The van der Waals surface area contributed by atoms with Gasteiger partial charge in [-0.15, -0.1) is 0 Å². The largest absolute Gasteiger partial charge is 0.416 e. The smallest absolute Gasteiger partial charge is 0.346 e. The van der Waals surface area contributed by atoms with Gasteiger partial charge in [0.2, 0.25) is 5.91 Å². The van der Waals surface area contributed by atoms with Crippen LogP contribution in [0.1, 0.15) is 57.7 Å². The molecule has 0 bridgehead atoms. The molecule has 0 aliphatic carbocycles. The Kier molecular flexibility index (Phi) is 7.02. The highest BCUT2D eigenvalue weighted by Crippen LogP contribution is 2.37. The summed E-state index contributed by atoms with van der Waals surface area (Å²) in [5, 5.41) is 5.54. The molecule has 0 fully saturated rings. The summed E-state index contributed by atoms with van der Waals surface area (Å²) in [6.07, 6.45) is -4.25. The van der Waals surface area contributed by atoms with Crippen LogP contribution in [0.2, 0.25) is 0 Å². The third-order valence-electron chi connectivity index (χ3n) is 4.30. The summed E-state index contributed by atoms with van der Waals surface area (Å²) in [6.45, 7) is 7.38. The predicted octanol–water partition coefficient (Wildman–Crippen LogP) is 4.80. The Morgan fingerprint density at radius 3 is 1.85 bits per heavy atom. The number of hydrogen-bond donors (Lipinski definition) is 2. The molecule has 0 aliphatic rings. The maximum absolute atomic E-state index is 13.7. The molecule has 154 valence electrons. The van der Waals surface area contributed by atoms with Crippen LogP contribution in [0.5, 0.6) is 0 Å². The van der Waals surface area contributed by atoms with Crippen molar-refractivity contribution in [3.63, 3.8) is 0 Å². The number of amides is 1. The third kappa shape index (κ3) is 6.45. The fourth-order valence-corrected chi connectivity index (χ4v) is 2.70. The van der Waals surface area contributed by atoms with E-state index in [9.17, 15) is 26.7 Å². The van der Waals surface area contributed by atoms with Crippen molar-refractivity contribution in [2.75, 3.05) is 7.05 Å². The number of hydrogen-bond acceptors (Lipinski definition) is 2. The summed E-state index contributed by atoms with van der Waals surface area (Å²) in [5.41, 5.74) is -3.24. The standard InChI is InChI=1S/C19H27F5N2O/c1-11(2)7-15(25-6)16(27)26-17(3,4)12-8-13(18(5,20)21)10-14(9-12)19(22,23)24/h8-11,15,25H,7H2,1-6H3,(H,26,27)/t15-/m1/s1. The number of carbonyl (C=O) groups excluding carboxylic acids is 1. The maximum atomic E-state index is 13.7. The maximum Gasteiger partial charge on any atom is 0.416 e. The highest BCUT2D eigenvalue weighted by Gasteiger charge is 2.37. The van der Waals surface area contributed by atoms with Gasteiger partial charge in [0.25, 0.3) is 5.92 Å². The van der Waals surface area contributed by atoms with Crippen LogP contribution in [0, 0.1) is 5.92 Å². The van der Waals surface area contributed by atoms with Gasteiger partial charge in [0.1, 0.15) is 0 Å². The minimum atomic E-state index is -4.78. The van der Waals surface area contributed by atoms with E-state index in [0.29, 0.717) is 19.4 Å². The number of rotatable bonds is 7. The number of carbonyl (C=O) groups is 1. The van der Waals surface area contributed by atoms with Crippen LogP contribution in [0.25, 0.3) is 0 Å². The first-order valence-corrected chi connectivity index (χ1v) is 8.68. The van der Waals surface area contributed by atoms with E-state index in [-0.39, 0.29) is 11.5 Å². The summed E-state index contributed by atoms with van der Waals surface area (Å²) in [6, 6.07) is 1.71. The summed E-state index contributed by atoms with van der Waals surface area (Å²) < 4.78 is 66.9. The van der Waals surface area contributed by atoms with Crippen molar-refractivity contribution in [2.45, 2.75) is 64.7 Å². The van der Waals surface area contributed by atoms with Gasteiger partial charge in [-0.2, -0.15) is 13.2 Å². The summed E-state index contributed by atoms with van der Waals surface area (Å²) in [4.78, 5) is 12.5. The molecule has 0 saturated heterocycles. The van der Waals surface area contributed by atoms with E-state index in [1.165, 1.54) is 13.8 Å². The van der Waals surface area contributed by atoms with Gasteiger partial charge >= 0.3 is 6.18 Å². The van der Waals surface area contributed by atoms with Crippen molar-refractivity contribution in [1.29, 1.82) is 0 Å². The molecule has 0 spiro atoms. The molecule has 27 heavy (non-hydrogen) atoms. The minimum absolute atomic E-state index is 0.0402. The predicted molar refractivity (Wildman–Crippen MR) is 94.5 cm³/mol. The van der Waals surface area contributed by atoms with E-state index in [2.05, 4.69) is 10.6 Å². The molecule has 0 radical (unpaired) electrons. The van der Waals surface area contributed by atoms with Gasteiger partial charge in [-0.25, -0.2) is 8.78 Å². The lowest BCUT2D eigenvalue weighted by atomic mass is 9.89. The molecule has 3 nitrogen and oxygen atoms in total. The van der Waals surface area contributed by atoms with Crippen LogP contribution in [0.3, 0.4) is 0 Å². The zero-order valence-corrected chi connectivity index (χ0v) is 16.4. The van der Waals surface area contributed by atoms with Crippen molar-refractivity contribution >= 4 is 5.91 Å². The quantitative estimate of drug-likeness (QED) is 0.652. The van der Waals surface area contributed by atoms with E-state index in [4.69, 9.17) is 0 Å². The molecule has 0 heterocycles. The van der Waals surface area contributed by atoms with Crippen LogP contribution >= 0.6 is 0 Å². The lowest BCUT2D eigenvalue weighted by molar-refractivity contribution is -0.137. The zero-order valence-electron chi connectivity index (χ0n) is 16.4.